The van der Waals surface area contributed by atoms with Gasteiger partial charge < -0.3 is 10.6 Å². The number of nitrogens with two attached hydrogens (primary N) is 1. The minimum absolute atomic E-state index is 0.201. The van der Waals surface area contributed by atoms with Gasteiger partial charge >= 0.3 is 0 Å². The molecule has 1 aliphatic heterocycles. The second-order valence-electron chi connectivity index (χ2n) is 5.31. The van der Waals surface area contributed by atoms with E-state index < -0.39 is 0 Å². The number of carbonyl (C=O) groups excluding carboxylic acids is 2. The number of carbonyl (C=O) groups is 2. The Bertz CT molecular complexity index is 508. The lowest BCUT2D eigenvalue weighted by Gasteiger charge is -2.30. The highest BCUT2D eigenvalue weighted by Crippen LogP contribution is 2.37. The van der Waals surface area contributed by atoms with Crippen LogP contribution in [-0.2, 0) is 4.79 Å². The van der Waals surface area contributed by atoms with Gasteiger partial charge in [0.05, 0.1) is 5.92 Å². The molecule has 0 aromatic carbocycles. The zero-order valence-electron chi connectivity index (χ0n) is 10.6. The van der Waals surface area contributed by atoms with Crippen molar-refractivity contribution in [1.29, 1.82) is 0 Å². The third kappa shape index (κ3) is 2.45. The van der Waals surface area contributed by atoms with Crippen molar-refractivity contribution < 1.29 is 9.59 Å². The van der Waals surface area contributed by atoms with Crippen LogP contribution in [-0.4, -0.2) is 45.0 Å². The number of aromatic amines is 1. The van der Waals surface area contributed by atoms with Crippen molar-refractivity contribution in [3.8, 4) is 0 Å². The summed E-state index contributed by atoms with van der Waals surface area (Å²) >= 11 is 0. The molecule has 102 valence electrons. The summed E-state index contributed by atoms with van der Waals surface area (Å²) in [5, 5.41) is 6.80. The number of nitrogens with one attached hydrogen (secondary N) is 1. The van der Waals surface area contributed by atoms with Gasteiger partial charge in [-0.3, -0.25) is 14.7 Å². The van der Waals surface area contributed by atoms with E-state index in [2.05, 4.69) is 15.2 Å². The average Bonchev–Trinajstić information content (AvgIpc) is 3.16. The number of primary amides is 1. The van der Waals surface area contributed by atoms with Crippen molar-refractivity contribution in [3.05, 3.63) is 11.6 Å². The molecular formula is C12H17N5O2. The zero-order valence-corrected chi connectivity index (χ0v) is 10.6. The number of likely N-dealkylation sites (tertiary alicyclic amines) is 1. The van der Waals surface area contributed by atoms with E-state index in [0.29, 0.717) is 19.0 Å². The fraction of sp³-hybridized carbons (Fsp3) is 0.667. The van der Waals surface area contributed by atoms with E-state index in [0.717, 1.165) is 31.5 Å². The topological polar surface area (TPSA) is 105 Å². The number of piperidine rings is 1. The summed E-state index contributed by atoms with van der Waals surface area (Å²) in [6.45, 7) is 1.01. The molecule has 0 spiro atoms. The van der Waals surface area contributed by atoms with E-state index in [1.54, 1.807) is 4.90 Å². The maximum absolute atomic E-state index is 12.3. The van der Waals surface area contributed by atoms with E-state index in [9.17, 15) is 9.59 Å². The number of H-pyrrole nitrogens is 1. The van der Waals surface area contributed by atoms with Gasteiger partial charge in [0.2, 0.25) is 11.7 Å². The number of rotatable bonds is 3. The number of hydrogen-bond acceptors (Lipinski definition) is 4. The van der Waals surface area contributed by atoms with Crippen LogP contribution < -0.4 is 5.73 Å². The second kappa shape index (κ2) is 4.64. The summed E-state index contributed by atoms with van der Waals surface area (Å²) < 4.78 is 0. The molecule has 2 heterocycles. The van der Waals surface area contributed by atoms with Gasteiger partial charge in [0.1, 0.15) is 5.82 Å². The highest BCUT2D eigenvalue weighted by molar-refractivity contribution is 5.91. The maximum atomic E-state index is 12.3. The van der Waals surface area contributed by atoms with E-state index in [-0.39, 0.29) is 23.6 Å². The molecular weight excluding hydrogens is 246 g/mol. The van der Waals surface area contributed by atoms with Gasteiger partial charge in [0, 0.05) is 19.0 Å². The van der Waals surface area contributed by atoms with Crippen LogP contribution in [0.1, 0.15) is 48.0 Å². The zero-order chi connectivity index (χ0) is 13.4. The van der Waals surface area contributed by atoms with E-state index in [4.69, 9.17) is 5.73 Å². The van der Waals surface area contributed by atoms with Gasteiger partial charge in [0.15, 0.2) is 0 Å². The van der Waals surface area contributed by atoms with Gasteiger partial charge in [-0.25, -0.2) is 4.98 Å². The molecule has 7 heteroatoms. The summed E-state index contributed by atoms with van der Waals surface area (Å²) in [5.41, 5.74) is 5.31. The molecule has 1 atom stereocenters. The van der Waals surface area contributed by atoms with Crippen molar-refractivity contribution in [1.82, 2.24) is 20.1 Å². The molecule has 3 N–H and O–H groups in total. The molecule has 1 saturated heterocycles. The van der Waals surface area contributed by atoms with Crippen molar-refractivity contribution in [2.24, 2.45) is 11.7 Å². The fourth-order valence-electron chi connectivity index (χ4n) is 2.44. The van der Waals surface area contributed by atoms with Gasteiger partial charge in [-0.05, 0) is 25.7 Å². The molecule has 1 aromatic heterocycles. The minimum atomic E-state index is -0.342. The normalized spacial score (nSPS) is 23.4. The van der Waals surface area contributed by atoms with Gasteiger partial charge in [-0.1, -0.05) is 0 Å². The molecule has 1 unspecified atom stereocenters. The average molecular weight is 263 g/mol. The smallest absolute Gasteiger partial charge is 0.293 e. The number of hydrogen-bond donors (Lipinski definition) is 2. The van der Waals surface area contributed by atoms with Gasteiger partial charge in [0.25, 0.3) is 5.91 Å². The van der Waals surface area contributed by atoms with Crippen LogP contribution in [0.5, 0.6) is 0 Å². The second-order valence-corrected chi connectivity index (χ2v) is 5.31. The van der Waals surface area contributed by atoms with Crippen LogP contribution in [0.25, 0.3) is 0 Å². The molecule has 7 nitrogen and oxygen atoms in total. The third-order valence-corrected chi connectivity index (χ3v) is 3.77. The van der Waals surface area contributed by atoms with E-state index in [1.165, 1.54) is 0 Å². The highest BCUT2D eigenvalue weighted by Gasteiger charge is 2.31. The number of nitrogens with zero attached hydrogens (tertiary/aromatic N) is 3. The molecule has 1 saturated carbocycles. The van der Waals surface area contributed by atoms with Crippen LogP contribution >= 0.6 is 0 Å². The quantitative estimate of drug-likeness (QED) is 0.801. The summed E-state index contributed by atoms with van der Waals surface area (Å²) in [5.74, 6) is 0.632. The van der Waals surface area contributed by atoms with Gasteiger partial charge in [-0.2, -0.15) is 0 Å². The molecule has 0 radical (unpaired) electrons. The Hall–Kier alpha value is -1.92. The molecule has 3 rings (SSSR count). The monoisotopic (exact) mass is 263 g/mol. The van der Waals surface area contributed by atoms with E-state index in [1.807, 2.05) is 0 Å². The fourth-order valence-corrected chi connectivity index (χ4v) is 2.44. The number of aromatic nitrogens is 3. The lowest BCUT2D eigenvalue weighted by molar-refractivity contribution is -0.123. The first-order chi connectivity index (χ1) is 9.15. The maximum Gasteiger partial charge on any atom is 0.293 e. The molecule has 2 amide bonds. The molecule has 1 aromatic rings. The largest absolute Gasteiger partial charge is 0.369 e. The molecule has 2 fully saturated rings. The Kier molecular flexibility index (Phi) is 2.96. The Morgan fingerprint density at radius 2 is 2.11 bits per heavy atom. The summed E-state index contributed by atoms with van der Waals surface area (Å²) in [6.07, 6.45) is 3.76. The first kappa shape index (κ1) is 12.1. The lowest BCUT2D eigenvalue weighted by Crippen LogP contribution is -2.44. The van der Waals surface area contributed by atoms with Crippen molar-refractivity contribution in [2.75, 3.05) is 13.1 Å². The van der Waals surface area contributed by atoms with Crippen LogP contribution in [0.3, 0.4) is 0 Å². The summed E-state index contributed by atoms with van der Waals surface area (Å²) in [4.78, 5) is 29.3. The van der Waals surface area contributed by atoms with Crippen LogP contribution in [0.15, 0.2) is 0 Å². The van der Waals surface area contributed by atoms with Gasteiger partial charge in [-0.15, -0.1) is 5.10 Å². The Morgan fingerprint density at radius 3 is 2.79 bits per heavy atom. The van der Waals surface area contributed by atoms with Crippen LogP contribution in [0, 0.1) is 5.92 Å². The first-order valence-corrected chi connectivity index (χ1v) is 6.66. The predicted octanol–water partition coefficient (Wildman–Crippen LogP) is 0.0196. The predicted molar refractivity (Wildman–Crippen MR) is 66.2 cm³/mol. The standard InChI is InChI=1S/C12H17N5O2/c13-9(18)8-2-1-5-17(6-8)12(19)11-14-10(15-16-11)7-3-4-7/h7-8H,1-6H2,(H2,13,18)(H,14,15,16). The Morgan fingerprint density at radius 1 is 1.32 bits per heavy atom. The molecule has 2 aliphatic rings. The summed E-state index contributed by atoms with van der Waals surface area (Å²) in [6, 6.07) is 0. The first-order valence-electron chi connectivity index (χ1n) is 6.66. The number of amides is 2. The lowest BCUT2D eigenvalue weighted by atomic mass is 9.97. The van der Waals surface area contributed by atoms with Crippen molar-refractivity contribution in [2.45, 2.75) is 31.6 Å². The Labute approximate surface area is 110 Å². The molecule has 1 aliphatic carbocycles. The van der Waals surface area contributed by atoms with Crippen LogP contribution in [0.2, 0.25) is 0 Å². The van der Waals surface area contributed by atoms with Crippen LogP contribution in [0.4, 0.5) is 0 Å². The summed E-state index contributed by atoms with van der Waals surface area (Å²) in [7, 11) is 0. The third-order valence-electron chi connectivity index (χ3n) is 3.77. The van der Waals surface area contributed by atoms with Crippen molar-refractivity contribution in [3.63, 3.8) is 0 Å². The SMILES string of the molecule is NC(=O)C1CCCN(C(=O)c2n[nH]c(C3CC3)n2)C1. The molecule has 0 bridgehead atoms. The minimum Gasteiger partial charge on any atom is -0.369 e. The molecule has 19 heavy (non-hydrogen) atoms. The Balaban J connectivity index is 1.69. The highest BCUT2D eigenvalue weighted by atomic mass is 16.2. The van der Waals surface area contributed by atoms with Crippen molar-refractivity contribution >= 4 is 11.8 Å². The van der Waals surface area contributed by atoms with E-state index >= 15 is 0 Å².